The van der Waals surface area contributed by atoms with Gasteiger partial charge in [-0.3, -0.25) is 0 Å². The summed E-state index contributed by atoms with van der Waals surface area (Å²) < 4.78 is 12.5. The fraction of sp³-hybridized carbons (Fsp3) is 0.375. The van der Waals surface area contributed by atoms with Gasteiger partial charge in [-0.1, -0.05) is 22.9 Å². The van der Waals surface area contributed by atoms with E-state index in [0.29, 0.717) is 0 Å². The van der Waals surface area contributed by atoms with E-state index in [9.17, 15) is 0 Å². The number of furan rings is 1. The molecule has 0 saturated heterocycles. The minimum atomic E-state index is 0.178. The summed E-state index contributed by atoms with van der Waals surface area (Å²) in [4.78, 5) is 0. The number of hydrogen-bond donors (Lipinski definition) is 1. The van der Waals surface area contributed by atoms with E-state index in [-0.39, 0.29) is 6.04 Å². The molecule has 2 aromatic rings. The molecule has 3 nitrogen and oxygen atoms in total. The Balaban J connectivity index is 1.89. The quantitative estimate of drug-likeness (QED) is 0.900. The first kappa shape index (κ1) is 13.7. The van der Waals surface area contributed by atoms with Gasteiger partial charge in [0.2, 0.25) is 0 Å². The van der Waals surface area contributed by atoms with Crippen LogP contribution < -0.4 is 10.1 Å². The lowest BCUT2D eigenvalue weighted by molar-refractivity contribution is 0.349. The molecule has 106 valence electrons. The summed E-state index contributed by atoms with van der Waals surface area (Å²) in [6, 6.07) is 8.43. The van der Waals surface area contributed by atoms with Crippen LogP contribution in [-0.2, 0) is 12.8 Å². The lowest BCUT2D eigenvalue weighted by atomic mass is 10.00. The molecular formula is C16H18BrNO2. The van der Waals surface area contributed by atoms with Crippen LogP contribution in [0.15, 0.2) is 39.4 Å². The summed E-state index contributed by atoms with van der Waals surface area (Å²) in [6.45, 7) is 3.80. The molecule has 2 heterocycles. The monoisotopic (exact) mass is 335 g/mol. The summed E-state index contributed by atoms with van der Waals surface area (Å²) in [7, 11) is 0. The maximum absolute atomic E-state index is 5.80. The van der Waals surface area contributed by atoms with Crippen LogP contribution in [0.5, 0.6) is 5.75 Å². The third-order valence-electron chi connectivity index (χ3n) is 3.59. The first-order valence-electron chi connectivity index (χ1n) is 6.99. The molecule has 1 unspecified atom stereocenters. The van der Waals surface area contributed by atoms with E-state index in [1.807, 2.05) is 12.1 Å². The number of benzene rings is 1. The predicted octanol–water partition coefficient (Wildman–Crippen LogP) is 3.87. The van der Waals surface area contributed by atoms with Crippen molar-refractivity contribution < 1.29 is 9.15 Å². The molecule has 1 aliphatic rings. The van der Waals surface area contributed by atoms with E-state index in [1.165, 1.54) is 11.1 Å². The van der Waals surface area contributed by atoms with Crippen LogP contribution in [0.2, 0.25) is 0 Å². The van der Waals surface area contributed by atoms with E-state index in [0.717, 1.165) is 42.0 Å². The van der Waals surface area contributed by atoms with Gasteiger partial charge in [0, 0.05) is 10.9 Å². The molecule has 1 atom stereocenters. The third-order valence-corrected chi connectivity index (χ3v) is 4.04. The van der Waals surface area contributed by atoms with Gasteiger partial charge in [0.05, 0.1) is 18.9 Å². The lowest BCUT2D eigenvalue weighted by Crippen LogP contribution is -2.22. The number of fused-ring (bicyclic) bond motifs is 1. The number of halogens is 1. The molecule has 0 saturated carbocycles. The molecule has 3 rings (SSSR count). The Morgan fingerprint density at radius 2 is 2.30 bits per heavy atom. The molecule has 0 aliphatic carbocycles. The van der Waals surface area contributed by atoms with E-state index in [1.54, 1.807) is 6.26 Å². The van der Waals surface area contributed by atoms with E-state index in [2.05, 4.69) is 40.3 Å². The number of hydrogen-bond acceptors (Lipinski definition) is 3. The van der Waals surface area contributed by atoms with Crippen LogP contribution in [-0.4, -0.2) is 13.2 Å². The normalized spacial score (nSPS) is 14.9. The second kappa shape index (κ2) is 6.02. The fourth-order valence-electron chi connectivity index (χ4n) is 2.73. The van der Waals surface area contributed by atoms with Crippen molar-refractivity contribution in [3.05, 3.63) is 51.9 Å². The smallest absolute Gasteiger partial charge is 0.125 e. The van der Waals surface area contributed by atoms with Gasteiger partial charge >= 0.3 is 0 Å². The van der Waals surface area contributed by atoms with Crippen LogP contribution in [0.4, 0.5) is 0 Å². The van der Waals surface area contributed by atoms with Gasteiger partial charge in [-0.25, -0.2) is 0 Å². The molecular weight excluding hydrogens is 318 g/mol. The highest BCUT2D eigenvalue weighted by molar-refractivity contribution is 9.10. The van der Waals surface area contributed by atoms with Gasteiger partial charge in [-0.05, 0) is 48.4 Å². The zero-order chi connectivity index (χ0) is 13.9. The minimum Gasteiger partial charge on any atom is -0.493 e. The van der Waals surface area contributed by atoms with Gasteiger partial charge in [0.15, 0.2) is 0 Å². The molecule has 0 radical (unpaired) electrons. The fourth-order valence-corrected chi connectivity index (χ4v) is 3.28. The van der Waals surface area contributed by atoms with E-state index >= 15 is 0 Å². The van der Waals surface area contributed by atoms with Crippen molar-refractivity contribution in [2.24, 2.45) is 0 Å². The van der Waals surface area contributed by atoms with Crippen molar-refractivity contribution in [1.29, 1.82) is 0 Å². The van der Waals surface area contributed by atoms with E-state index < -0.39 is 0 Å². The highest BCUT2D eigenvalue weighted by Crippen LogP contribution is 2.35. The largest absolute Gasteiger partial charge is 0.493 e. The van der Waals surface area contributed by atoms with Gasteiger partial charge in [-0.15, -0.1) is 0 Å². The average Bonchev–Trinajstić information content (AvgIpc) is 3.08. The maximum Gasteiger partial charge on any atom is 0.125 e. The lowest BCUT2D eigenvalue weighted by Gasteiger charge is -2.17. The molecule has 4 heteroatoms. The van der Waals surface area contributed by atoms with E-state index in [4.69, 9.17) is 9.15 Å². The Morgan fingerprint density at radius 3 is 3.05 bits per heavy atom. The van der Waals surface area contributed by atoms with Crippen LogP contribution in [0.3, 0.4) is 0 Å². The van der Waals surface area contributed by atoms with Crippen molar-refractivity contribution in [2.45, 2.75) is 25.8 Å². The summed E-state index contributed by atoms with van der Waals surface area (Å²) >= 11 is 3.59. The Bertz CT molecular complexity index is 580. The molecule has 1 N–H and O–H groups in total. The van der Waals surface area contributed by atoms with Crippen molar-refractivity contribution in [1.82, 2.24) is 5.32 Å². The molecule has 0 bridgehead atoms. The van der Waals surface area contributed by atoms with Crippen LogP contribution in [0.1, 0.15) is 29.9 Å². The maximum atomic E-state index is 5.80. The summed E-state index contributed by atoms with van der Waals surface area (Å²) in [5.74, 6) is 2.03. The van der Waals surface area contributed by atoms with Crippen LogP contribution in [0, 0.1) is 0 Å². The Kier molecular flexibility index (Phi) is 4.13. The van der Waals surface area contributed by atoms with Crippen molar-refractivity contribution in [2.75, 3.05) is 13.2 Å². The van der Waals surface area contributed by atoms with Gasteiger partial charge in [0.1, 0.15) is 11.5 Å². The van der Waals surface area contributed by atoms with Crippen molar-refractivity contribution >= 4 is 15.9 Å². The average molecular weight is 336 g/mol. The van der Waals surface area contributed by atoms with Crippen molar-refractivity contribution in [3.8, 4) is 5.75 Å². The van der Waals surface area contributed by atoms with Gasteiger partial charge in [0.25, 0.3) is 0 Å². The SMILES string of the molecule is CCNC(Cc1cc(Br)cc2c1OCC2)c1ccco1. The minimum absolute atomic E-state index is 0.178. The van der Waals surface area contributed by atoms with Crippen molar-refractivity contribution in [3.63, 3.8) is 0 Å². The predicted molar refractivity (Wildman–Crippen MR) is 82.2 cm³/mol. The number of rotatable bonds is 5. The first-order valence-corrected chi connectivity index (χ1v) is 7.78. The number of nitrogens with one attached hydrogen (secondary N) is 1. The second-order valence-electron chi connectivity index (χ2n) is 4.98. The summed E-state index contributed by atoms with van der Waals surface area (Å²) in [6.07, 6.45) is 3.58. The molecule has 0 spiro atoms. The zero-order valence-electron chi connectivity index (χ0n) is 11.5. The third kappa shape index (κ3) is 2.76. The number of likely N-dealkylation sites (N-methyl/N-ethyl adjacent to an activating group) is 1. The molecule has 0 amide bonds. The summed E-state index contributed by atoms with van der Waals surface area (Å²) in [5.41, 5.74) is 2.53. The highest BCUT2D eigenvalue weighted by Gasteiger charge is 2.21. The first-order chi connectivity index (χ1) is 9.78. The molecule has 0 fully saturated rings. The van der Waals surface area contributed by atoms with Gasteiger partial charge in [-0.2, -0.15) is 0 Å². The van der Waals surface area contributed by atoms with Gasteiger partial charge < -0.3 is 14.5 Å². The molecule has 1 aromatic heterocycles. The van der Waals surface area contributed by atoms with Crippen LogP contribution in [0.25, 0.3) is 0 Å². The topological polar surface area (TPSA) is 34.4 Å². The zero-order valence-corrected chi connectivity index (χ0v) is 13.1. The molecule has 20 heavy (non-hydrogen) atoms. The molecule has 1 aromatic carbocycles. The second-order valence-corrected chi connectivity index (χ2v) is 5.90. The highest BCUT2D eigenvalue weighted by atomic mass is 79.9. The Hall–Kier alpha value is -1.26. The number of ether oxygens (including phenoxy) is 1. The van der Waals surface area contributed by atoms with Crippen LogP contribution >= 0.6 is 15.9 Å². The summed E-state index contributed by atoms with van der Waals surface area (Å²) in [5, 5.41) is 3.48. The Morgan fingerprint density at radius 1 is 1.40 bits per heavy atom. The molecule has 1 aliphatic heterocycles. The Labute approximate surface area is 127 Å². The standard InChI is InChI=1S/C16H18BrNO2/c1-2-18-14(15-4-3-6-19-15)10-12-9-13(17)8-11-5-7-20-16(11)12/h3-4,6,8-9,14,18H,2,5,7,10H2,1H3.